The number of likely N-dealkylation sites (tertiary alicyclic amines) is 1. The van der Waals surface area contributed by atoms with Crippen molar-refractivity contribution in [2.45, 2.75) is 58.0 Å². The summed E-state index contributed by atoms with van der Waals surface area (Å²) in [5.74, 6) is 2.51. The van der Waals surface area contributed by atoms with E-state index in [-0.39, 0.29) is 6.04 Å². The number of rotatable bonds is 12. The zero-order chi connectivity index (χ0) is 30.3. The second kappa shape index (κ2) is 13.9. The molecule has 3 aromatic rings. The van der Waals surface area contributed by atoms with Crippen molar-refractivity contribution >= 4 is 12.0 Å². The van der Waals surface area contributed by atoms with Crippen LogP contribution in [0, 0.1) is 0 Å². The number of anilines is 1. The van der Waals surface area contributed by atoms with Crippen LogP contribution in [0.4, 0.5) is 5.69 Å². The summed E-state index contributed by atoms with van der Waals surface area (Å²) in [7, 11) is 6.50. The fourth-order valence-corrected chi connectivity index (χ4v) is 5.44. The minimum absolute atomic E-state index is 0.234. The Labute approximate surface area is 249 Å². The van der Waals surface area contributed by atoms with Crippen LogP contribution in [-0.2, 0) is 16.1 Å². The highest BCUT2D eigenvalue weighted by Crippen LogP contribution is 2.41. The molecule has 9 heteroatoms. The lowest BCUT2D eigenvalue weighted by Gasteiger charge is -2.42. The number of hydrogen-bond acceptors (Lipinski definition) is 9. The molecule has 2 aromatic carbocycles. The minimum atomic E-state index is -0.549. The summed E-state index contributed by atoms with van der Waals surface area (Å²) in [5.41, 5.74) is 3.39. The van der Waals surface area contributed by atoms with Gasteiger partial charge in [0, 0.05) is 37.4 Å². The van der Waals surface area contributed by atoms with Gasteiger partial charge in [0.2, 0.25) is 5.75 Å². The molecule has 1 aliphatic heterocycles. The molecule has 0 aliphatic carbocycles. The second-order valence-corrected chi connectivity index (χ2v) is 11.3. The summed E-state index contributed by atoms with van der Waals surface area (Å²) in [4.78, 5) is 21.1. The van der Waals surface area contributed by atoms with Crippen LogP contribution in [0.25, 0.3) is 11.3 Å². The van der Waals surface area contributed by atoms with Gasteiger partial charge in [-0.25, -0.2) is 0 Å². The molecule has 1 aliphatic rings. The number of nitrogens with zero attached hydrogens (tertiary/aromatic N) is 3. The number of methoxy groups -OCH3 is 4. The first-order chi connectivity index (χ1) is 20.2. The van der Waals surface area contributed by atoms with Crippen LogP contribution in [0.1, 0.15) is 39.2 Å². The van der Waals surface area contributed by atoms with Gasteiger partial charge in [0.1, 0.15) is 5.75 Å². The molecule has 0 N–H and O–H groups in total. The highest BCUT2D eigenvalue weighted by Gasteiger charge is 2.32. The van der Waals surface area contributed by atoms with Crippen molar-refractivity contribution in [2.75, 3.05) is 46.4 Å². The first kappa shape index (κ1) is 31.1. The molecule has 9 nitrogen and oxygen atoms in total. The van der Waals surface area contributed by atoms with Gasteiger partial charge in [0.15, 0.2) is 24.0 Å². The number of piperidine rings is 1. The molecule has 0 bridgehead atoms. The maximum atomic E-state index is 11.9. The van der Waals surface area contributed by atoms with E-state index in [1.165, 1.54) is 0 Å². The molecule has 1 fully saturated rings. The van der Waals surface area contributed by atoms with Gasteiger partial charge in [0.05, 0.1) is 45.4 Å². The molecule has 1 atom stereocenters. The summed E-state index contributed by atoms with van der Waals surface area (Å²) in [6, 6.07) is 16.3. The molecule has 0 spiro atoms. The number of aromatic nitrogens is 1. The van der Waals surface area contributed by atoms with Crippen LogP contribution >= 0.6 is 0 Å². The zero-order valence-electron chi connectivity index (χ0n) is 25.8. The first-order valence-corrected chi connectivity index (χ1v) is 14.2. The predicted molar refractivity (Wildman–Crippen MR) is 164 cm³/mol. The lowest BCUT2D eigenvalue weighted by Crippen LogP contribution is -2.51. The average Bonchev–Trinajstić information content (AvgIpc) is 3.01. The third-order valence-corrected chi connectivity index (χ3v) is 7.42. The van der Waals surface area contributed by atoms with E-state index in [4.69, 9.17) is 23.7 Å². The van der Waals surface area contributed by atoms with Crippen LogP contribution in [0.3, 0.4) is 0 Å². The van der Waals surface area contributed by atoms with Crippen LogP contribution in [0.2, 0.25) is 0 Å². The Balaban J connectivity index is 1.63. The van der Waals surface area contributed by atoms with Gasteiger partial charge in [-0.1, -0.05) is 12.1 Å². The van der Waals surface area contributed by atoms with Crippen molar-refractivity contribution in [1.29, 1.82) is 0 Å². The third-order valence-electron chi connectivity index (χ3n) is 7.42. The first-order valence-electron chi connectivity index (χ1n) is 14.2. The Morgan fingerprint density at radius 3 is 2.14 bits per heavy atom. The number of ether oxygens (including phenoxy) is 5. The standard InChI is InChI=1S/C33H43N3O6/c1-33(2,3)42-31(22-37)35-16-13-25(14-17-35)36(27-10-8-9-11-28(27)38-4)21-23-12-15-34-26(18-23)24-19-29(39-5)32(41-7)30(20-24)40-6/h8-12,15,18-20,22,25,31H,13-14,16-17,21H2,1-7H3. The fraction of sp³-hybridized carbons (Fsp3) is 0.455. The van der Waals surface area contributed by atoms with Gasteiger partial charge in [-0.15, -0.1) is 0 Å². The van der Waals surface area contributed by atoms with Gasteiger partial charge in [0.25, 0.3) is 0 Å². The molecule has 42 heavy (non-hydrogen) atoms. The average molecular weight is 578 g/mol. The van der Waals surface area contributed by atoms with Gasteiger partial charge < -0.3 is 28.6 Å². The summed E-state index contributed by atoms with van der Waals surface area (Å²) < 4.78 is 28.5. The molecule has 0 radical (unpaired) electrons. The van der Waals surface area contributed by atoms with Crippen molar-refractivity contribution in [3.05, 3.63) is 60.3 Å². The SMILES string of the molecule is COc1ccccc1N(Cc1ccnc(-c2cc(OC)c(OC)c(OC)c2)c1)C1CCN(C(C=O)OC(C)(C)C)CC1. The number of aldehydes is 1. The fourth-order valence-electron chi connectivity index (χ4n) is 5.44. The number of hydrogen-bond donors (Lipinski definition) is 0. The summed E-state index contributed by atoms with van der Waals surface area (Å²) in [6.07, 6.45) is 3.94. The highest BCUT2D eigenvalue weighted by molar-refractivity contribution is 5.69. The molecule has 0 amide bonds. The van der Waals surface area contributed by atoms with E-state index in [0.29, 0.717) is 23.8 Å². The largest absolute Gasteiger partial charge is 0.495 e. The molecule has 0 saturated carbocycles. The Kier molecular flexibility index (Phi) is 10.3. The minimum Gasteiger partial charge on any atom is -0.495 e. The van der Waals surface area contributed by atoms with E-state index in [2.05, 4.69) is 26.9 Å². The van der Waals surface area contributed by atoms with Crippen LogP contribution in [0.15, 0.2) is 54.7 Å². The van der Waals surface area contributed by atoms with Gasteiger partial charge in [-0.3, -0.25) is 14.7 Å². The lowest BCUT2D eigenvalue weighted by atomic mass is 10.00. The predicted octanol–water partition coefficient (Wildman–Crippen LogP) is 5.59. The molecule has 1 unspecified atom stereocenters. The van der Waals surface area contributed by atoms with Crippen molar-refractivity contribution < 1.29 is 28.5 Å². The molecule has 4 rings (SSSR count). The van der Waals surface area contributed by atoms with Crippen LogP contribution in [0.5, 0.6) is 23.0 Å². The van der Waals surface area contributed by atoms with E-state index < -0.39 is 11.8 Å². The monoisotopic (exact) mass is 577 g/mol. The molecular formula is C33H43N3O6. The molecule has 1 aromatic heterocycles. The molecule has 2 heterocycles. The third kappa shape index (κ3) is 7.33. The Hall–Kier alpha value is -3.82. The van der Waals surface area contributed by atoms with E-state index in [9.17, 15) is 4.79 Å². The maximum Gasteiger partial charge on any atom is 0.203 e. The summed E-state index contributed by atoms with van der Waals surface area (Å²) >= 11 is 0. The zero-order valence-corrected chi connectivity index (χ0v) is 25.8. The van der Waals surface area contributed by atoms with Crippen LogP contribution in [-0.4, -0.2) is 75.6 Å². The van der Waals surface area contributed by atoms with Gasteiger partial charge in [-0.05, 0) is 75.6 Å². The van der Waals surface area contributed by atoms with E-state index >= 15 is 0 Å². The lowest BCUT2D eigenvalue weighted by molar-refractivity contribution is -0.154. The van der Waals surface area contributed by atoms with Gasteiger partial charge >= 0.3 is 0 Å². The van der Waals surface area contributed by atoms with Crippen molar-refractivity contribution in [3.8, 4) is 34.3 Å². The maximum absolute atomic E-state index is 11.9. The number of carbonyl (C=O) groups excluding carboxylic acids is 1. The van der Waals surface area contributed by atoms with Crippen molar-refractivity contribution in [3.63, 3.8) is 0 Å². The number of carbonyl (C=O) groups is 1. The Bertz CT molecular complexity index is 1310. The Morgan fingerprint density at radius 1 is 0.929 bits per heavy atom. The second-order valence-electron chi connectivity index (χ2n) is 11.3. The number of benzene rings is 2. The molecule has 226 valence electrons. The van der Waals surface area contributed by atoms with E-state index in [0.717, 1.165) is 60.5 Å². The summed E-state index contributed by atoms with van der Waals surface area (Å²) in [6.45, 7) is 8.08. The number of pyridine rings is 1. The normalized spacial score (nSPS) is 15.1. The molecule has 1 saturated heterocycles. The van der Waals surface area contributed by atoms with E-state index in [1.807, 2.05) is 63.4 Å². The molecular weight excluding hydrogens is 534 g/mol. The quantitative estimate of drug-likeness (QED) is 0.256. The topological polar surface area (TPSA) is 82.6 Å². The van der Waals surface area contributed by atoms with Gasteiger partial charge in [-0.2, -0.15) is 0 Å². The Morgan fingerprint density at radius 2 is 1.57 bits per heavy atom. The summed E-state index contributed by atoms with van der Waals surface area (Å²) in [5, 5.41) is 0. The number of para-hydroxylation sites is 2. The highest BCUT2D eigenvalue weighted by atomic mass is 16.5. The van der Waals surface area contributed by atoms with Crippen molar-refractivity contribution in [2.24, 2.45) is 0 Å². The van der Waals surface area contributed by atoms with E-state index in [1.54, 1.807) is 28.4 Å². The van der Waals surface area contributed by atoms with Crippen LogP contribution < -0.4 is 23.8 Å². The smallest absolute Gasteiger partial charge is 0.203 e. The van der Waals surface area contributed by atoms with Crippen molar-refractivity contribution in [1.82, 2.24) is 9.88 Å².